The Bertz CT molecular complexity index is 923. The number of likely N-dealkylation sites (tertiary alicyclic amines) is 1. The van der Waals surface area contributed by atoms with Gasteiger partial charge in [0, 0.05) is 31.0 Å². The summed E-state index contributed by atoms with van der Waals surface area (Å²) in [5.74, 6) is 0.537. The van der Waals surface area contributed by atoms with Crippen molar-refractivity contribution in [3.05, 3.63) is 54.1 Å². The second kappa shape index (κ2) is 9.37. The van der Waals surface area contributed by atoms with Crippen LogP contribution in [-0.2, 0) is 14.8 Å². The summed E-state index contributed by atoms with van der Waals surface area (Å²) in [4.78, 5) is 4.98. The van der Waals surface area contributed by atoms with E-state index in [1.807, 2.05) is 24.3 Å². The van der Waals surface area contributed by atoms with E-state index in [2.05, 4.69) is 33.6 Å². The lowest BCUT2D eigenvalue weighted by Crippen LogP contribution is -2.36. The average molecular weight is 430 g/mol. The van der Waals surface area contributed by atoms with E-state index in [-0.39, 0.29) is 4.90 Å². The van der Waals surface area contributed by atoms with Crippen molar-refractivity contribution in [2.45, 2.75) is 30.6 Å². The molecule has 2 saturated heterocycles. The number of rotatable bonds is 7. The highest BCUT2D eigenvalue weighted by Gasteiger charge is 2.23. The first kappa shape index (κ1) is 21.2. The molecule has 0 amide bonds. The Kier molecular flexibility index (Phi) is 6.61. The number of hydrogen-bond donors (Lipinski definition) is 1. The minimum atomic E-state index is -3.61. The molecule has 7 heteroatoms. The molecule has 0 radical (unpaired) electrons. The third-order valence-corrected chi connectivity index (χ3v) is 7.37. The number of ether oxygens (including phenoxy) is 1. The normalized spacial score (nSPS) is 20.4. The Morgan fingerprint density at radius 3 is 2.37 bits per heavy atom. The van der Waals surface area contributed by atoms with E-state index >= 15 is 0 Å². The van der Waals surface area contributed by atoms with E-state index in [0.29, 0.717) is 24.8 Å². The Hall–Kier alpha value is -2.09. The van der Waals surface area contributed by atoms with Crippen LogP contribution in [0, 0.1) is 0 Å². The van der Waals surface area contributed by atoms with Crippen molar-refractivity contribution in [2.24, 2.45) is 0 Å². The van der Waals surface area contributed by atoms with Crippen LogP contribution in [0.4, 0.5) is 11.4 Å². The molecule has 1 unspecified atom stereocenters. The Morgan fingerprint density at radius 2 is 1.70 bits per heavy atom. The van der Waals surface area contributed by atoms with Gasteiger partial charge in [-0.05, 0) is 73.8 Å². The van der Waals surface area contributed by atoms with Gasteiger partial charge in [0.2, 0.25) is 0 Å². The molecule has 2 aromatic rings. The molecular formula is C23H31N3O3S. The molecule has 4 rings (SSSR count). The van der Waals surface area contributed by atoms with Gasteiger partial charge in [-0.15, -0.1) is 0 Å². The molecule has 30 heavy (non-hydrogen) atoms. The van der Waals surface area contributed by atoms with Crippen molar-refractivity contribution in [1.29, 1.82) is 0 Å². The van der Waals surface area contributed by atoms with Crippen molar-refractivity contribution in [2.75, 3.05) is 55.6 Å². The molecule has 6 nitrogen and oxygen atoms in total. The first-order valence-corrected chi connectivity index (χ1v) is 12.3. The standard InChI is InChI=1S/C23H31N3O3S/c1-2-12-25-13-11-20(18-25)19-3-5-21(6-4-19)24-30(27,28)23-9-7-22(8-10-23)26-14-16-29-17-15-26/h3-10,20,24H,2,11-18H2,1H3. The van der Waals surface area contributed by atoms with Crippen LogP contribution in [0.25, 0.3) is 0 Å². The molecule has 2 aliphatic heterocycles. The molecule has 162 valence electrons. The second-order valence-electron chi connectivity index (χ2n) is 8.11. The fourth-order valence-electron chi connectivity index (χ4n) is 4.32. The van der Waals surface area contributed by atoms with Crippen molar-refractivity contribution >= 4 is 21.4 Å². The number of nitrogens with one attached hydrogen (secondary N) is 1. The smallest absolute Gasteiger partial charge is 0.261 e. The van der Waals surface area contributed by atoms with Crippen LogP contribution in [0.3, 0.4) is 0 Å². The summed E-state index contributed by atoms with van der Waals surface area (Å²) in [5, 5.41) is 0. The van der Waals surface area contributed by atoms with Crippen LogP contribution in [0.15, 0.2) is 53.4 Å². The molecule has 1 atom stereocenters. The summed E-state index contributed by atoms with van der Waals surface area (Å²) in [6.45, 7) is 8.66. The monoisotopic (exact) mass is 429 g/mol. The lowest BCUT2D eigenvalue weighted by molar-refractivity contribution is 0.122. The zero-order valence-electron chi connectivity index (χ0n) is 17.6. The Labute approximate surface area is 179 Å². The molecule has 2 aromatic carbocycles. The first-order valence-electron chi connectivity index (χ1n) is 10.8. The lowest BCUT2D eigenvalue weighted by Gasteiger charge is -2.28. The van der Waals surface area contributed by atoms with Gasteiger partial charge in [-0.25, -0.2) is 8.42 Å². The first-order chi connectivity index (χ1) is 14.5. The molecule has 0 aliphatic carbocycles. The van der Waals surface area contributed by atoms with E-state index < -0.39 is 10.0 Å². The fourth-order valence-corrected chi connectivity index (χ4v) is 5.38. The van der Waals surface area contributed by atoms with Crippen LogP contribution in [-0.4, -0.2) is 59.3 Å². The van der Waals surface area contributed by atoms with E-state index in [1.54, 1.807) is 12.1 Å². The summed E-state index contributed by atoms with van der Waals surface area (Å²) in [7, 11) is -3.61. The zero-order valence-corrected chi connectivity index (χ0v) is 18.4. The predicted octanol–water partition coefficient (Wildman–Crippen LogP) is 3.52. The van der Waals surface area contributed by atoms with Crippen LogP contribution >= 0.6 is 0 Å². The van der Waals surface area contributed by atoms with E-state index in [1.165, 1.54) is 18.4 Å². The van der Waals surface area contributed by atoms with E-state index in [0.717, 1.165) is 38.4 Å². The number of benzene rings is 2. The van der Waals surface area contributed by atoms with Crippen molar-refractivity contribution in [3.8, 4) is 0 Å². The number of hydrogen-bond acceptors (Lipinski definition) is 5. The van der Waals surface area contributed by atoms with Gasteiger partial charge in [0.15, 0.2) is 0 Å². The van der Waals surface area contributed by atoms with Crippen LogP contribution in [0.2, 0.25) is 0 Å². The maximum atomic E-state index is 12.8. The summed E-state index contributed by atoms with van der Waals surface area (Å²) in [6.07, 6.45) is 2.35. The van der Waals surface area contributed by atoms with Crippen LogP contribution < -0.4 is 9.62 Å². The highest BCUT2D eigenvalue weighted by molar-refractivity contribution is 7.92. The van der Waals surface area contributed by atoms with Crippen LogP contribution in [0.1, 0.15) is 31.2 Å². The minimum absolute atomic E-state index is 0.273. The molecule has 2 fully saturated rings. The number of sulfonamides is 1. The number of anilines is 2. The summed E-state index contributed by atoms with van der Waals surface area (Å²) < 4.78 is 33.7. The van der Waals surface area contributed by atoms with Crippen molar-refractivity contribution in [3.63, 3.8) is 0 Å². The second-order valence-corrected chi connectivity index (χ2v) is 9.79. The molecule has 2 heterocycles. The zero-order chi connectivity index (χ0) is 21.0. The van der Waals surface area contributed by atoms with Gasteiger partial charge in [-0.2, -0.15) is 0 Å². The molecule has 2 aliphatic rings. The topological polar surface area (TPSA) is 61.9 Å². The van der Waals surface area contributed by atoms with Gasteiger partial charge >= 0.3 is 0 Å². The quantitative estimate of drug-likeness (QED) is 0.730. The number of nitrogens with zero attached hydrogens (tertiary/aromatic N) is 2. The Balaban J connectivity index is 1.39. The summed E-state index contributed by atoms with van der Waals surface area (Å²) >= 11 is 0. The van der Waals surface area contributed by atoms with Gasteiger partial charge in [0.25, 0.3) is 10.0 Å². The third kappa shape index (κ3) is 4.96. The molecular weight excluding hydrogens is 398 g/mol. The fraction of sp³-hybridized carbons (Fsp3) is 0.478. The Morgan fingerprint density at radius 1 is 1.00 bits per heavy atom. The van der Waals surface area contributed by atoms with Crippen LogP contribution in [0.5, 0.6) is 0 Å². The van der Waals surface area contributed by atoms with Gasteiger partial charge < -0.3 is 14.5 Å². The van der Waals surface area contributed by atoms with E-state index in [9.17, 15) is 8.42 Å². The molecule has 1 N–H and O–H groups in total. The highest BCUT2D eigenvalue weighted by atomic mass is 32.2. The highest BCUT2D eigenvalue weighted by Crippen LogP contribution is 2.28. The maximum Gasteiger partial charge on any atom is 0.261 e. The van der Waals surface area contributed by atoms with Gasteiger partial charge in [-0.1, -0.05) is 19.1 Å². The van der Waals surface area contributed by atoms with Crippen molar-refractivity contribution < 1.29 is 13.2 Å². The van der Waals surface area contributed by atoms with E-state index in [4.69, 9.17) is 4.74 Å². The van der Waals surface area contributed by atoms with Gasteiger partial charge in [-0.3, -0.25) is 4.72 Å². The number of morpholine rings is 1. The summed E-state index contributed by atoms with van der Waals surface area (Å²) in [6, 6.07) is 14.9. The molecule has 0 saturated carbocycles. The SMILES string of the molecule is CCCN1CCC(c2ccc(NS(=O)(=O)c3ccc(N4CCOCC4)cc3)cc2)C1. The summed E-state index contributed by atoms with van der Waals surface area (Å²) in [5.41, 5.74) is 2.90. The molecule has 0 bridgehead atoms. The van der Waals surface area contributed by atoms with Gasteiger partial charge in [0.1, 0.15) is 0 Å². The maximum absolute atomic E-state index is 12.8. The third-order valence-electron chi connectivity index (χ3n) is 5.97. The van der Waals surface area contributed by atoms with Crippen molar-refractivity contribution in [1.82, 2.24) is 4.90 Å². The van der Waals surface area contributed by atoms with Gasteiger partial charge in [0.05, 0.1) is 18.1 Å². The minimum Gasteiger partial charge on any atom is -0.378 e. The molecule has 0 aromatic heterocycles. The average Bonchev–Trinajstić information content (AvgIpc) is 3.24. The predicted molar refractivity (Wildman–Crippen MR) is 121 cm³/mol. The molecule has 0 spiro atoms. The largest absolute Gasteiger partial charge is 0.378 e. The lowest BCUT2D eigenvalue weighted by atomic mass is 9.98.